The first-order chi connectivity index (χ1) is 9.60. The van der Waals surface area contributed by atoms with Gasteiger partial charge < -0.3 is 5.32 Å². The van der Waals surface area contributed by atoms with Gasteiger partial charge in [0.2, 0.25) is 0 Å². The van der Waals surface area contributed by atoms with Crippen LogP contribution in [0.1, 0.15) is 23.8 Å². The summed E-state index contributed by atoms with van der Waals surface area (Å²) in [6.45, 7) is 3.91. The average molecular weight is 361 g/mol. The Hall–Kier alpha value is -1.34. The molecular formula is C12H15BrClN5O. The van der Waals surface area contributed by atoms with Gasteiger partial charge >= 0.3 is 0 Å². The Labute approximate surface area is 130 Å². The van der Waals surface area contributed by atoms with Gasteiger partial charge in [-0.05, 0) is 29.3 Å². The number of amides is 1. The molecule has 108 valence electrons. The van der Waals surface area contributed by atoms with Crippen LogP contribution in [0.25, 0.3) is 0 Å². The fourth-order valence-electron chi connectivity index (χ4n) is 1.70. The van der Waals surface area contributed by atoms with Crippen LogP contribution in [0.3, 0.4) is 0 Å². The molecule has 0 aromatic carbocycles. The van der Waals surface area contributed by atoms with Gasteiger partial charge in [0, 0.05) is 32.0 Å². The predicted octanol–water partition coefficient (Wildman–Crippen LogP) is 2.34. The summed E-state index contributed by atoms with van der Waals surface area (Å²) in [7, 11) is 0. The molecule has 8 heteroatoms. The fraction of sp³-hybridized carbons (Fsp3) is 0.417. The van der Waals surface area contributed by atoms with Crippen molar-refractivity contribution in [2.75, 3.05) is 6.54 Å². The summed E-state index contributed by atoms with van der Waals surface area (Å²) in [6.07, 6.45) is 6.06. The number of nitrogens with zero attached hydrogens (tertiary/aromatic N) is 4. The molecule has 2 aromatic heterocycles. The van der Waals surface area contributed by atoms with Crippen molar-refractivity contribution in [3.8, 4) is 0 Å². The van der Waals surface area contributed by atoms with E-state index in [4.69, 9.17) is 11.6 Å². The molecule has 0 atom stereocenters. The van der Waals surface area contributed by atoms with Crippen LogP contribution < -0.4 is 5.32 Å². The highest BCUT2D eigenvalue weighted by atomic mass is 79.9. The van der Waals surface area contributed by atoms with Crippen LogP contribution in [-0.2, 0) is 13.1 Å². The Balaban J connectivity index is 1.78. The maximum Gasteiger partial charge on any atom is 0.273 e. The number of aromatic nitrogens is 4. The van der Waals surface area contributed by atoms with Crippen molar-refractivity contribution in [1.82, 2.24) is 24.9 Å². The summed E-state index contributed by atoms with van der Waals surface area (Å²) in [5, 5.41) is 11.4. The molecule has 0 aliphatic rings. The second-order valence-electron chi connectivity index (χ2n) is 4.21. The topological polar surface area (TPSA) is 64.7 Å². The summed E-state index contributed by atoms with van der Waals surface area (Å²) in [4.78, 5) is 11.9. The van der Waals surface area contributed by atoms with Gasteiger partial charge in [-0.3, -0.25) is 14.2 Å². The molecule has 0 aliphatic carbocycles. The van der Waals surface area contributed by atoms with E-state index in [9.17, 15) is 4.79 Å². The van der Waals surface area contributed by atoms with E-state index in [1.807, 2.05) is 17.8 Å². The van der Waals surface area contributed by atoms with Gasteiger partial charge in [0.15, 0.2) is 5.69 Å². The van der Waals surface area contributed by atoms with E-state index in [-0.39, 0.29) is 11.6 Å². The van der Waals surface area contributed by atoms with Crippen molar-refractivity contribution >= 4 is 33.4 Å². The lowest BCUT2D eigenvalue weighted by Crippen LogP contribution is -2.26. The molecule has 20 heavy (non-hydrogen) atoms. The van der Waals surface area contributed by atoms with Gasteiger partial charge in [-0.1, -0.05) is 11.6 Å². The number of rotatable bonds is 6. The van der Waals surface area contributed by atoms with E-state index in [0.29, 0.717) is 18.1 Å². The fourth-order valence-corrected chi connectivity index (χ4v) is 2.26. The van der Waals surface area contributed by atoms with Crippen LogP contribution in [0.15, 0.2) is 23.1 Å². The number of halogens is 2. The van der Waals surface area contributed by atoms with E-state index in [2.05, 4.69) is 31.4 Å². The first-order valence-corrected chi connectivity index (χ1v) is 7.46. The van der Waals surface area contributed by atoms with E-state index in [1.54, 1.807) is 17.1 Å². The molecule has 0 aliphatic heterocycles. The highest BCUT2D eigenvalue weighted by Crippen LogP contribution is 2.13. The quantitative estimate of drug-likeness (QED) is 0.804. The molecule has 2 aromatic rings. The van der Waals surface area contributed by atoms with Crippen LogP contribution in [-0.4, -0.2) is 32.0 Å². The summed E-state index contributed by atoms with van der Waals surface area (Å²) in [6, 6.07) is 0. The van der Waals surface area contributed by atoms with Crippen LogP contribution in [0.2, 0.25) is 5.02 Å². The Morgan fingerprint density at radius 3 is 2.85 bits per heavy atom. The molecule has 0 radical (unpaired) electrons. The SMILES string of the molecule is CCn1cc(Cl)c(C(=O)NCCCn2cc(Br)cn2)n1. The van der Waals surface area contributed by atoms with Crippen LogP contribution in [0.4, 0.5) is 0 Å². The largest absolute Gasteiger partial charge is 0.351 e. The monoisotopic (exact) mass is 359 g/mol. The zero-order valence-electron chi connectivity index (χ0n) is 11.0. The third-order valence-electron chi connectivity index (χ3n) is 2.71. The smallest absolute Gasteiger partial charge is 0.273 e. The van der Waals surface area contributed by atoms with Gasteiger partial charge in [-0.25, -0.2) is 0 Å². The molecule has 0 bridgehead atoms. The molecule has 2 rings (SSSR count). The van der Waals surface area contributed by atoms with Crippen LogP contribution in [0.5, 0.6) is 0 Å². The molecule has 0 spiro atoms. The Morgan fingerprint density at radius 2 is 2.25 bits per heavy atom. The minimum absolute atomic E-state index is 0.246. The molecule has 1 amide bonds. The number of hydrogen-bond acceptors (Lipinski definition) is 3. The molecule has 0 saturated heterocycles. The lowest BCUT2D eigenvalue weighted by Gasteiger charge is -2.04. The standard InChI is InChI=1S/C12H15BrClN5O/c1-2-18-8-10(14)11(17-18)12(20)15-4-3-5-19-7-9(13)6-16-19/h6-8H,2-5H2,1H3,(H,15,20). The summed E-state index contributed by atoms with van der Waals surface area (Å²) >= 11 is 9.30. The number of carbonyl (C=O) groups is 1. The van der Waals surface area contributed by atoms with Gasteiger partial charge in [0.1, 0.15) is 0 Å². The van der Waals surface area contributed by atoms with Gasteiger partial charge in [0.25, 0.3) is 5.91 Å². The Bertz CT molecular complexity index is 594. The summed E-state index contributed by atoms with van der Waals surface area (Å²) in [5.74, 6) is -0.246. The number of carbonyl (C=O) groups excluding carboxylic acids is 1. The normalized spacial score (nSPS) is 10.8. The maximum atomic E-state index is 11.9. The maximum absolute atomic E-state index is 11.9. The summed E-state index contributed by atoms with van der Waals surface area (Å²) < 4.78 is 4.39. The molecule has 6 nitrogen and oxygen atoms in total. The number of hydrogen-bond donors (Lipinski definition) is 1. The van der Waals surface area contributed by atoms with Crippen LogP contribution >= 0.6 is 27.5 Å². The number of nitrogens with one attached hydrogen (secondary N) is 1. The Morgan fingerprint density at radius 1 is 1.45 bits per heavy atom. The van der Waals surface area contributed by atoms with Crippen LogP contribution in [0, 0.1) is 0 Å². The minimum atomic E-state index is -0.246. The molecule has 0 fully saturated rings. The van der Waals surface area contributed by atoms with Gasteiger partial charge in [-0.2, -0.15) is 10.2 Å². The van der Waals surface area contributed by atoms with Crippen molar-refractivity contribution in [3.63, 3.8) is 0 Å². The highest BCUT2D eigenvalue weighted by Gasteiger charge is 2.14. The van der Waals surface area contributed by atoms with E-state index >= 15 is 0 Å². The third kappa shape index (κ3) is 3.83. The second-order valence-corrected chi connectivity index (χ2v) is 5.54. The van der Waals surface area contributed by atoms with Crippen molar-refractivity contribution < 1.29 is 4.79 Å². The van der Waals surface area contributed by atoms with Crippen molar-refractivity contribution in [2.45, 2.75) is 26.4 Å². The first-order valence-electron chi connectivity index (χ1n) is 6.29. The number of aryl methyl sites for hydroxylation is 2. The molecular weight excluding hydrogens is 346 g/mol. The second kappa shape index (κ2) is 6.90. The van der Waals surface area contributed by atoms with Crippen molar-refractivity contribution in [2.24, 2.45) is 0 Å². The summed E-state index contributed by atoms with van der Waals surface area (Å²) in [5.41, 5.74) is 0.273. The van der Waals surface area contributed by atoms with Gasteiger partial charge in [0.05, 0.1) is 15.7 Å². The minimum Gasteiger partial charge on any atom is -0.351 e. The zero-order chi connectivity index (χ0) is 14.5. The van der Waals surface area contributed by atoms with Gasteiger partial charge in [-0.15, -0.1) is 0 Å². The lowest BCUT2D eigenvalue weighted by molar-refractivity contribution is 0.0947. The molecule has 0 unspecified atom stereocenters. The van der Waals surface area contributed by atoms with Crippen molar-refractivity contribution in [1.29, 1.82) is 0 Å². The van der Waals surface area contributed by atoms with E-state index < -0.39 is 0 Å². The predicted molar refractivity (Wildman–Crippen MR) is 79.8 cm³/mol. The van der Waals surface area contributed by atoms with Crippen molar-refractivity contribution in [3.05, 3.63) is 33.8 Å². The molecule has 1 N–H and O–H groups in total. The average Bonchev–Trinajstić information content (AvgIpc) is 3.00. The Kier molecular flexibility index (Phi) is 5.19. The lowest BCUT2D eigenvalue weighted by atomic mass is 10.3. The third-order valence-corrected chi connectivity index (χ3v) is 3.39. The van der Waals surface area contributed by atoms with E-state index in [1.165, 1.54) is 0 Å². The first kappa shape index (κ1) is 15.1. The molecule has 0 saturated carbocycles. The molecule has 2 heterocycles. The zero-order valence-corrected chi connectivity index (χ0v) is 13.4. The highest BCUT2D eigenvalue weighted by molar-refractivity contribution is 9.10. The van der Waals surface area contributed by atoms with E-state index in [0.717, 1.165) is 17.4 Å².